The molecule has 4 heterocycles. The lowest BCUT2D eigenvalue weighted by molar-refractivity contribution is -0.137. The minimum Gasteiger partial charge on any atom is -0.361 e. The maximum Gasteiger partial charge on any atom is 0.416 e. The minimum absolute atomic E-state index is 0.0124. The number of nitrogens with zero attached hydrogens (tertiary/aromatic N) is 4. The standard InChI is InChI=1S/C28H27ClF3N7O4S/c1-15-23-22(27(43-15)9-11-34-12-10-27)25(41)39-26(36-24(37-39)16-3-6-18(7-4-16)44(2,33)42)38(23)14-21(40)35-20-8-5-17(13-19(20)29)28(30,31)32/h3-8,13,15,33-34H,9-12,14H2,1-2H3,(H,35,40)/t15-,44?/m1/s1. The molecule has 3 N–H and O–H groups in total. The number of ether oxygens (including phenoxy) is 1. The first-order valence-corrected chi connectivity index (χ1v) is 16.0. The summed E-state index contributed by atoms with van der Waals surface area (Å²) in [6, 6.07) is 8.90. The second kappa shape index (κ2) is 10.7. The molecule has 1 unspecified atom stereocenters. The van der Waals surface area contributed by atoms with E-state index in [9.17, 15) is 27.0 Å². The SMILES string of the molecule is C[C@H]1OC2(CCNCC2)c2c1n(CC(=O)Nc1ccc(C(F)(F)F)cc1Cl)c1nc(-c3ccc(S(C)(=N)=O)cc3)nn1c2=O. The molecule has 0 radical (unpaired) electrons. The molecule has 0 aliphatic carbocycles. The van der Waals surface area contributed by atoms with Gasteiger partial charge in [0.25, 0.3) is 5.56 Å². The third kappa shape index (κ3) is 5.27. The Morgan fingerprint density at radius 3 is 2.52 bits per heavy atom. The van der Waals surface area contributed by atoms with Crippen LogP contribution in [0.2, 0.25) is 5.02 Å². The number of rotatable bonds is 5. The number of nitrogens with one attached hydrogen (secondary N) is 3. The van der Waals surface area contributed by atoms with Crippen LogP contribution >= 0.6 is 11.6 Å². The van der Waals surface area contributed by atoms with Gasteiger partial charge in [0.05, 0.1) is 43.4 Å². The summed E-state index contributed by atoms with van der Waals surface area (Å²) in [5.41, 5.74) is -0.952. The average Bonchev–Trinajstić information content (AvgIpc) is 3.52. The van der Waals surface area contributed by atoms with Crippen molar-refractivity contribution in [3.8, 4) is 11.4 Å². The van der Waals surface area contributed by atoms with Gasteiger partial charge in [-0.1, -0.05) is 11.6 Å². The van der Waals surface area contributed by atoms with Crippen molar-refractivity contribution in [2.24, 2.45) is 0 Å². The highest BCUT2D eigenvalue weighted by atomic mass is 35.5. The van der Waals surface area contributed by atoms with Crippen LogP contribution in [0.4, 0.5) is 18.9 Å². The molecule has 1 fully saturated rings. The number of amides is 1. The summed E-state index contributed by atoms with van der Waals surface area (Å²) in [4.78, 5) is 32.3. The topological polar surface area (TPSA) is 143 Å². The van der Waals surface area contributed by atoms with E-state index in [4.69, 9.17) is 21.1 Å². The smallest absolute Gasteiger partial charge is 0.361 e. The molecule has 1 amide bonds. The van der Waals surface area contributed by atoms with Crippen LogP contribution in [0, 0.1) is 4.78 Å². The van der Waals surface area contributed by atoms with Crippen LogP contribution in [0.1, 0.15) is 42.7 Å². The molecule has 16 heteroatoms. The Balaban J connectivity index is 1.46. The molecule has 2 aliphatic rings. The van der Waals surface area contributed by atoms with E-state index < -0.39 is 44.6 Å². The fourth-order valence-electron chi connectivity index (χ4n) is 5.84. The van der Waals surface area contributed by atoms with E-state index in [2.05, 4.69) is 20.7 Å². The summed E-state index contributed by atoms with van der Waals surface area (Å²) in [7, 11) is -2.95. The number of aromatic nitrogens is 4. The van der Waals surface area contributed by atoms with Crippen molar-refractivity contribution in [2.75, 3.05) is 24.7 Å². The summed E-state index contributed by atoms with van der Waals surface area (Å²) in [5, 5.41) is 10.0. The highest BCUT2D eigenvalue weighted by Crippen LogP contribution is 2.47. The van der Waals surface area contributed by atoms with Gasteiger partial charge in [-0.25, -0.2) is 8.99 Å². The minimum atomic E-state index is -4.60. The van der Waals surface area contributed by atoms with Crippen LogP contribution in [0.3, 0.4) is 0 Å². The first-order chi connectivity index (χ1) is 20.7. The van der Waals surface area contributed by atoms with Gasteiger partial charge in [0.15, 0.2) is 5.82 Å². The largest absolute Gasteiger partial charge is 0.416 e. The fraction of sp³-hybridized carbons (Fsp3) is 0.357. The third-order valence-corrected chi connectivity index (χ3v) is 9.36. The molecule has 0 saturated carbocycles. The second-order valence-electron chi connectivity index (χ2n) is 10.9. The van der Waals surface area contributed by atoms with Gasteiger partial charge in [0, 0.05) is 16.7 Å². The molecule has 44 heavy (non-hydrogen) atoms. The van der Waals surface area contributed by atoms with Crippen LogP contribution < -0.4 is 16.2 Å². The summed E-state index contributed by atoms with van der Waals surface area (Å²) >= 11 is 6.08. The van der Waals surface area contributed by atoms with Crippen molar-refractivity contribution in [3.63, 3.8) is 0 Å². The normalized spacial score (nSPS) is 19.2. The molecular weight excluding hydrogens is 623 g/mol. The van der Waals surface area contributed by atoms with Gasteiger partial charge in [-0.05, 0) is 75.3 Å². The van der Waals surface area contributed by atoms with Gasteiger partial charge in [0.1, 0.15) is 12.1 Å². The lowest BCUT2D eigenvalue weighted by atomic mass is 9.86. The number of fused-ring (bicyclic) bond motifs is 3. The van der Waals surface area contributed by atoms with Crippen LogP contribution in [-0.2, 0) is 37.6 Å². The van der Waals surface area contributed by atoms with Crippen LogP contribution in [0.5, 0.6) is 0 Å². The van der Waals surface area contributed by atoms with Crippen LogP contribution in [0.25, 0.3) is 17.2 Å². The zero-order chi connectivity index (χ0) is 31.6. The Labute approximate surface area is 254 Å². The van der Waals surface area contributed by atoms with E-state index in [-0.39, 0.29) is 28.9 Å². The zero-order valence-corrected chi connectivity index (χ0v) is 25.1. The number of piperidine rings is 1. The van der Waals surface area contributed by atoms with Gasteiger partial charge in [0.2, 0.25) is 11.7 Å². The Morgan fingerprint density at radius 2 is 1.91 bits per heavy atom. The van der Waals surface area contributed by atoms with E-state index in [1.54, 1.807) is 23.6 Å². The number of alkyl halides is 3. The summed E-state index contributed by atoms with van der Waals surface area (Å²) < 4.78 is 68.4. The number of halogens is 4. The van der Waals surface area contributed by atoms with Crippen LogP contribution in [0.15, 0.2) is 52.2 Å². The number of carbonyl (C=O) groups is 1. The zero-order valence-electron chi connectivity index (χ0n) is 23.5. The number of carbonyl (C=O) groups excluding carboxylic acids is 1. The van der Waals surface area contributed by atoms with Crippen molar-refractivity contribution in [1.29, 1.82) is 4.78 Å². The molecule has 11 nitrogen and oxygen atoms in total. The molecule has 1 spiro atoms. The van der Waals surface area contributed by atoms with Gasteiger partial charge in [-0.3, -0.25) is 9.59 Å². The number of anilines is 1. The number of benzene rings is 2. The quantitative estimate of drug-likeness (QED) is 0.287. The summed E-state index contributed by atoms with van der Waals surface area (Å²) in [6.45, 7) is 2.63. The van der Waals surface area contributed by atoms with Crippen molar-refractivity contribution < 1.29 is 26.9 Å². The maximum absolute atomic E-state index is 14.0. The molecule has 2 aliphatic heterocycles. The molecular formula is C28H27ClF3N7O4S. The summed E-state index contributed by atoms with van der Waals surface area (Å²) in [6.07, 6.45) is -2.84. The summed E-state index contributed by atoms with van der Waals surface area (Å²) in [5.74, 6) is -0.402. The van der Waals surface area contributed by atoms with E-state index in [0.717, 1.165) is 22.7 Å². The highest BCUT2D eigenvalue weighted by Gasteiger charge is 2.49. The first-order valence-electron chi connectivity index (χ1n) is 13.6. The average molecular weight is 650 g/mol. The second-order valence-corrected chi connectivity index (χ2v) is 13.5. The van der Waals surface area contributed by atoms with Gasteiger partial charge in [-0.2, -0.15) is 22.7 Å². The molecule has 232 valence electrons. The molecule has 2 atom stereocenters. The molecule has 2 aromatic carbocycles. The molecule has 2 aromatic heterocycles. The van der Waals surface area contributed by atoms with E-state index in [1.807, 2.05) is 0 Å². The van der Waals surface area contributed by atoms with Crippen LogP contribution in [-0.4, -0.2) is 48.6 Å². The number of hydrogen-bond donors (Lipinski definition) is 3. The predicted molar refractivity (Wildman–Crippen MR) is 156 cm³/mol. The Bertz CT molecular complexity index is 1970. The first kappa shape index (κ1) is 30.2. The third-order valence-electron chi connectivity index (χ3n) is 7.87. The lowest BCUT2D eigenvalue weighted by Crippen LogP contribution is -2.43. The Kier molecular flexibility index (Phi) is 7.34. The van der Waals surface area contributed by atoms with E-state index in [1.165, 1.54) is 18.4 Å². The molecule has 1 saturated heterocycles. The van der Waals surface area contributed by atoms with Gasteiger partial charge < -0.3 is 19.9 Å². The lowest BCUT2D eigenvalue weighted by Gasteiger charge is -2.33. The van der Waals surface area contributed by atoms with Gasteiger partial charge >= 0.3 is 6.18 Å². The molecule has 6 rings (SSSR count). The van der Waals surface area contributed by atoms with E-state index >= 15 is 0 Å². The number of hydrogen-bond acceptors (Lipinski definition) is 8. The maximum atomic E-state index is 14.0. The predicted octanol–water partition coefficient (Wildman–Crippen LogP) is 4.57. The van der Waals surface area contributed by atoms with Gasteiger partial charge in [-0.15, -0.1) is 5.10 Å². The fourth-order valence-corrected chi connectivity index (χ4v) is 6.73. The van der Waals surface area contributed by atoms with Crippen molar-refractivity contribution in [2.45, 2.75) is 49.1 Å². The van der Waals surface area contributed by atoms with Crippen molar-refractivity contribution >= 4 is 38.7 Å². The van der Waals surface area contributed by atoms with Crippen molar-refractivity contribution in [1.82, 2.24) is 24.5 Å². The monoisotopic (exact) mass is 649 g/mol. The molecule has 4 aromatic rings. The highest BCUT2D eigenvalue weighted by molar-refractivity contribution is 7.91. The Hall–Kier alpha value is -3.79. The van der Waals surface area contributed by atoms with Crippen molar-refractivity contribution in [3.05, 3.63) is 74.7 Å². The van der Waals surface area contributed by atoms with E-state index in [0.29, 0.717) is 47.6 Å². The molecule has 0 bridgehead atoms. The Morgan fingerprint density at radius 1 is 1.23 bits per heavy atom.